The van der Waals surface area contributed by atoms with Gasteiger partial charge >= 0.3 is 0 Å². The molecule has 0 heterocycles. The highest BCUT2D eigenvalue weighted by Gasteiger charge is 2.32. The molecule has 0 spiro atoms. The lowest BCUT2D eigenvalue weighted by molar-refractivity contribution is -0.127. The van der Waals surface area contributed by atoms with Crippen LogP contribution in [0.5, 0.6) is 0 Å². The van der Waals surface area contributed by atoms with E-state index in [0.29, 0.717) is 0 Å². The maximum Gasteiger partial charge on any atom is 0.186 e. The van der Waals surface area contributed by atoms with Gasteiger partial charge in [-0.05, 0) is 24.3 Å². The number of ether oxygens (including phenoxy) is 1. The van der Waals surface area contributed by atoms with Crippen molar-refractivity contribution in [1.82, 2.24) is 0 Å². The van der Waals surface area contributed by atoms with Gasteiger partial charge in [-0.25, -0.2) is 0 Å². The highest BCUT2D eigenvalue weighted by atomic mass is 16.5. The summed E-state index contributed by atoms with van der Waals surface area (Å²) >= 11 is 0. The molecule has 0 aromatic heterocycles. The molecule has 0 fully saturated rings. The van der Waals surface area contributed by atoms with Crippen LogP contribution in [0, 0.1) is 5.41 Å². The average Bonchev–Trinajstić information content (AvgIpc) is 1.96. The molecule has 0 aromatic rings. The summed E-state index contributed by atoms with van der Waals surface area (Å²) in [4.78, 5) is 11.5. The number of methoxy groups -OCH3 is 1. The maximum absolute atomic E-state index is 11.5. The van der Waals surface area contributed by atoms with E-state index in [1.165, 1.54) is 0 Å². The van der Waals surface area contributed by atoms with Gasteiger partial charge in [-0.3, -0.25) is 4.79 Å². The fraction of sp³-hybridized carbons (Fsp3) is 0.700. The first-order valence-corrected chi connectivity index (χ1v) is 4.23. The Morgan fingerprint density at radius 3 is 2.67 bits per heavy atom. The van der Waals surface area contributed by atoms with Crippen molar-refractivity contribution in [3.63, 3.8) is 0 Å². The summed E-state index contributed by atoms with van der Waals surface area (Å²) in [5, 5.41) is 0. The van der Waals surface area contributed by atoms with Crippen molar-refractivity contribution in [3.8, 4) is 0 Å². The standard InChI is InChI=1S/C10H16O2/c1-7-5-10(2,3)6-8(12-4)9(7)11/h5,8H,6H2,1-4H3. The van der Waals surface area contributed by atoms with Crippen LogP contribution in [0.25, 0.3) is 0 Å². The number of hydrogen-bond donors (Lipinski definition) is 0. The Labute approximate surface area is 73.6 Å². The summed E-state index contributed by atoms with van der Waals surface area (Å²) in [6, 6.07) is 0. The molecule has 0 N–H and O–H groups in total. The van der Waals surface area contributed by atoms with Crippen LogP contribution in [-0.2, 0) is 9.53 Å². The van der Waals surface area contributed by atoms with Crippen LogP contribution < -0.4 is 0 Å². The lowest BCUT2D eigenvalue weighted by Gasteiger charge is -2.30. The van der Waals surface area contributed by atoms with E-state index in [2.05, 4.69) is 13.8 Å². The zero-order chi connectivity index (χ0) is 9.35. The van der Waals surface area contributed by atoms with Gasteiger partial charge in [0.25, 0.3) is 0 Å². The second kappa shape index (κ2) is 3.02. The van der Waals surface area contributed by atoms with E-state index in [1.54, 1.807) is 7.11 Å². The van der Waals surface area contributed by atoms with E-state index in [4.69, 9.17) is 4.74 Å². The van der Waals surface area contributed by atoms with Crippen molar-refractivity contribution >= 4 is 5.78 Å². The third kappa shape index (κ3) is 1.75. The molecule has 0 amide bonds. The van der Waals surface area contributed by atoms with Gasteiger partial charge in [-0.2, -0.15) is 0 Å². The Morgan fingerprint density at radius 2 is 2.17 bits per heavy atom. The van der Waals surface area contributed by atoms with E-state index in [-0.39, 0.29) is 17.3 Å². The van der Waals surface area contributed by atoms with Crippen LogP contribution in [0.4, 0.5) is 0 Å². The van der Waals surface area contributed by atoms with Gasteiger partial charge in [-0.1, -0.05) is 19.9 Å². The number of carbonyl (C=O) groups is 1. The molecule has 2 heteroatoms. The minimum Gasteiger partial charge on any atom is -0.373 e. The van der Waals surface area contributed by atoms with Gasteiger partial charge in [0.05, 0.1) is 0 Å². The van der Waals surface area contributed by atoms with E-state index >= 15 is 0 Å². The summed E-state index contributed by atoms with van der Waals surface area (Å²) < 4.78 is 5.12. The van der Waals surface area contributed by atoms with Crippen LogP contribution in [-0.4, -0.2) is 19.0 Å². The van der Waals surface area contributed by atoms with Crippen molar-refractivity contribution in [2.75, 3.05) is 7.11 Å². The summed E-state index contributed by atoms with van der Waals surface area (Å²) in [7, 11) is 1.59. The predicted molar refractivity (Wildman–Crippen MR) is 48.0 cm³/mol. The highest BCUT2D eigenvalue weighted by Crippen LogP contribution is 2.32. The molecule has 0 bridgehead atoms. The molecule has 2 nitrogen and oxygen atoms in total. The molecule has 0 radical (unpaired) electrons. The molecular weight excluding hydrogens is 152 g/mol. The van der Waals surface area contributed by atoms with Crippen molar-refractivity contribution in [2.24, 2.45) is 5.41 Å². The fourth-order valence-electron chi connectivity index (χ4n) is 1.73. The lowest BCUT2D eigenvalue weighted by Crippen LogP contribution is -2.34. The first-order valence-electron chi connectivity index (χ1n) is 4.23. The summed E-state index contributed by atoms with van der Waals surface area (Å²) in [5.41, 5.74) is 0.927. The largest absolute Gasteiger partial charge is 0.373 e. The second-order valence-corrected chi connectivity index (χ2v) is 4.11. The first kappa shape index (κ1) is 9.46. The van der Waals surface area contributed by atoms with Gasteiger partial charge in [0, 0.05) is 7.11 Å². The van der Waals surface area contributed by atoms with E-state index in [9.17, 15) is 4.79 Å². The molecule has 0 saturated heterocycles. The molecule has 0 aliphatic heterocycles. The van der Waals surface area contributed by atoms with Crippen LogP contribution in [0.2, 0.25) is 0 Å². The zero-order valence-electron chi connectivity index (χ0n) is 8.18. The predicted octanol–water partition coefficient (Wildman–Crippen LogP) is 1.95. The van der Waals surface area contributed by atoms with Crippen LogP contribution in [0.3, 0.4) is 0 Å². The number of allylic oxidation sites excluding steroid dienone is 1. The Bertz CT molecular complexity index is 226. The second-order valence-electron chi connectivity index (χ2n) is 4.11. The van der Waals surface area contributed by atoms with E-state index in [1.807, 2.05) is 13.0 Å². The van der Waals surface area contributed by atoms with Crippen LogP contribution in [0.15, 0.2) is 11.6 Å². The van der Waals surface area contributed by atoms with E-state index in [0.717, 1.165) is 12.0 Å². The van der Waals surface area contributed by atoms with Crippen LogP contribution in [0.1, 0.15) is 27.2 Å². The smallest absolute Gasteiger partial charge is 0.186 e. The van der Waals surface area contributed by atoms with Crippen molar-refractivity contribution in [1.29, 1.82) is 0 Å². The Kier molecular flexibility index (Phi) is 2.38. The summed E-state index contributed by atoms with van der Waals surface area (Å²) in [5.74, 6) is 0.136. The average molecular weight is 168 g/mol. The summed E-state index contributed by atoms with van der Waals surface area (Å²) in [6.45, 7) is 6.10. The third-order valence-electron chi connectivity index (χ3n) is 2.28. The van der Waals surface area contributed by atoms with Crippen molar-refractivity contribution in [3.05, 3.63) is 11.6 Å². The molecule has 68 valence electrons. The molecule has 0 aromatic carbocycles. The van der Waals surface area contributed by atoms with Gasteiger partial charge in [0.15, 0.2) is 5.78 Å². The number of hydrogen-bond acceptors (Lipinski definition) is 2. The first-order chi connectivity index (χ1) is 5.46. The monoisotopic (exact) mass is 168 g/mol. The molecule has 1 atom stereocenters. The molecule has 0 saturated carbocycles. The number of carbonyl (C=O) groups excluding carboxylic acids is 1. The maximum atomic E-state index is 11.5. The fourth-order valence-corrected chi connectivity index (χ4v) is 1.73. The molecule has 1 aliphatic rings. The summed E-state index contributed by atoms with van der Waals surface area (Å²) in [6.07, 6.45) is 2.59. The number of ketones is 1. The SMILES string of the molecule is COC1CC(C)(C)C=C(C)C1=O. The van der Waals surface area contributed by atoms with E-state index < -0.39 is 0 Å². The highest BCUT2D eigenvalue weighted by molar-refractivity contribution is 5.99. The van der Waals surface area contributed by atoms with Gasteiger partial charge < -0.3 is 4.74 Å². The minimum atomic E-state index is -0.231. The molecule has 1 unspecified atom stereocenters. The molecule has 1 rings (SSSR count). The van der Waals surface area contributed by atoms with Crippen molar-refractivity contribution < 1.29 is 9.53 Å². The molecular formula is C10H16O2. The Hall–Kier alpha value is -0.630. The lowest BCUT2D eigenvalue weighted by atomic mass is 9.78. The molecule has 1 aliphatic carbocycles. The quantitative estimate of drug-likeness (QED) is 0.598. The topological polar surface area (TPSA) is 26.3 Å². The third-order valence-corrected chi connectivity index (χ3v) is 2.28. The molecule has 12 heavy (non-hydrogen) atoms. The normalized spacial score (nSPS) is 28.5. The van der Waals surface area contributed by atoms with Gasteiger partial charge in [0.2, 0.25) is 0 Å². The minimum absolute atomic E-state index is 0.0959. The zero-order valence-corrected chi connectivity index (χ0v) is 8.18. The Morgan fingerprint density at radius 1 is 1.58 bits per heavy atom. The number of Topliss-reactive ketones (excluding diaryl/α,β-unsaturated/α-hetero) is 1. The van der Waals surface area contributed by atoms with Crippen molar-refractivity contribution in [2.45, 2.75) is 33.3 Å². The Balaban J connectivity index is 2.91. The van der Waals surface area contributed by atoms with Crippen LogP contribution >= 0.6 is 0 Å². The van der Waals surface area contributed by atoms with Gasteiger partial charge in [-0.15, -0.1) is 0 Å². The number of rotatable bonds is 1. The van der Waals surface area contributed by atoms with Gasteiger partial charge in [0.1, 0.15) is 6.10 Å².